The van der Waals surface area contributed by atoms with E-state index >= 15 is 0 Å². The Balaban J connectivity index is 1.60. The topological polar surface area (TPSA) is 17.1 Å². The number of rotatable bonds is 4. The van der Waals surface area contributed by atoms with Crippen LogP contribution in [0.1, 0.15) is 79.6 Å². The van der Waals surface area contributed by atoms with Crippen LogP contribution in [-0.2, 0) is 4.79 Å². The van der Waals surface area contributed by atoms with Gasteiger partial charge in [-0.2, -0.15) is 0 Å². The van der Waals surface area contributed by atoms with Crippen molar-refractivity contribution in [2.75, 3.05) is 0 Å². The van der Waals surface area contributed by atoms with Crippen molar-refractivity contribution in [3.8, 4) is 0 Å². The molecule has 0 aliphatic heterocycles. The van der Waals surface area contributed by atoms with E-state index in [0.717, 1.165) is 19.3 Å². The van der Waals surface area contributed by atoms with Gasteiger partial charge in [0.15, 0.2) is 0 Å². The van der Waals surface area contributed by atoms with Gasteiger partial charge in [0.05, 0.1) is 0 Å². The normalized spacial score (nSPS) is 41.4. The van der Waals surface area contributed by atoms with Crippen molar-refractivity contribution in [3.63, 3.8) is 0 Å². The molecule has 1 heteroatoms. The zero-order valence-corrected chi connectivity index (χ0v) is 17.4. The molecule has 0 aromatic heterocycles. The molecule has 1 nitrogen and oxygen atoms in total. The first-order chi connectivity index (χ1) is 12.3. The van der Waals surface area contributed by atoms with Gasteiger partial charge in [0, 0.05) is 17.8 Å². The van der Waals surface area contributed by atoms with E-state index in [2.05, 4.69) is 46.8 Å². The van der Waals surface area contributed by atoms with Crippen LogP contribution >= 0.6 is 0 Å². The van der Waals surface area contributed by atoms with Gasteiger partial charge in [-0.3, -0.25) is 4.79 Å². The number of ketones is 1. The summed E-state index contributed by atoms with van der Waals surface area (Å²) in [5.41, 5.74) is 6.67. The highest BCUT2D eigenvalue weighted by atomic mass is 16.1. The SMILES string of the molecule is CC(C)=CCC[C@H](C)[C@H]1C(=O)[C@@H]2C[C@@]23CC2=C(C)CC[C@H]2/C(C)=C\C[C@H]13. The van der Waals surface area contributed by atoms with Crippen molar-refractivity contribution in [1.29, 1.82) is 0 Å². The van der Waals surface area contributed by atoms with Gasteiger partial charge in [-0.15, -0.1) is 0 Å². The van der Waals surface area contributed by atoms with Crippen molar-refractivity contribution < 1.29 is 4.79 Å². The Bertz CT molecular complexity index is 702. The van der Waals surface area contributed by atoms with Gasteiger partial charge in [0.25, 0.3) is 0 Å². The first-order valence-electron chi connectivity index (χ1n) is 10.9. The molecule has 2 fully saturated rings. The van der Waals surface area contributed by atoms with Crippen molar-refractivity contribution in [1.82, 2.24) is 0 Å². The summed E-state index contributed by atoms with van der Waals surface area (Å²) < 4.78 is 0. The fourth-order valence-electron chi connectivity index (χ4n) is 6.68. The van der Waals surface area contributed by atoms with Crippen molar-refractivity contribution in [2.24, 2.45) is 35.0 Å². The molecular weight excluding hydrogens is 316 g/mol. The van der Waals surface area contributed by atoms with E-state index in [9.17, 15) is 4.79 Å². The maximum absolute atomic E-state index is 13.3. The highest BCUT2D eigenvalue weighted by Gasteiger charge is 2.71. The monoisotopic (exact) mass is 352 g/mol. The lowest BCUT2D eigenvalue weighted by Gasteiger charge is -2.34. The first kappa shape index (κ1) is 18.3. The molecule has 1 spiro atoms. The van der Waals surface area contributed by atoms with E-state index < -0.39 is 0 Å². The van der Waals surface area contributed by atoms with Gasteiger partial charge in [-0.1, -0.05) is 41.4 Å². The number of carbonyl (C=O) groups is 1. The second-order valence-electron chi connectivity index (χ2n) is 10.1. The molecule has 0 unspecified atom stereocenters. The van der Waals surface area contributed by atoms with Gasteiger partial charge >= 0.3 is 0 Å². The van der Waals surface area contributed by atoms with Crippen LogP contribution in [0.5, 0.6) is 0 Å². The van der Waals surface area contributed by atoms with E-state index in [0.29, 0.717) is 40.8 Å². The second kappa shape index (κ2) is 6.50. The number of hydrogen-bond acceptors (Lipinski definition) is 1. The minimum Gasteiger partial charge on any atom is -0.299 e. The summed E-state index contributed by atoms with van der Waals surface area (Å²) in [5.74, 6) is 3.13. The van der Waals surface area contributed by atoms with Crippen molar-refractivity contribution >= 4 is 5.78 Å². The third-order valence-corrected chi connectivity index (χ3v) is 8.29. The van der Waals surface area contributed by atoms with E-state index in [-0.39, 0.29) is 0 Å². The van der Waals surface area contributed by atoms with E-state index in [1.807, 2.05) is 0 Å². The smallest absolute Gasteiger partial charge is 0.140 e. The molecule has 0 aromatic rings. The summed E-state index contributed by atoms with van der Waals surface area (Å²) in [4.78, 5) is 13.3. The van der Waals surface area contributed by atoms with Crippen LogP contribution in [0.25, 0.3) is 0 Å². The van der Waals surface area contributed by atoms with Gasteiger partial charge in [-0.05, 0) is 89.9 Å². The Hall–Kier alpha value is -1.11. The lowest BCUT2D eigenvalue weighted by atomic mass is 9.69. The minimum absolute atomic E-state index is 0.308. The third kappa shape index (κ3) is 2.77. The summed E-state index contributed by atoms with van der Waals surface area (Å²) in [5, 5.41) is 0. The number of allylic oxidation sites excluding steroid dienone is 6. The molecule has 4 aliphatic rings. The number of carbonyl (C=O) groups excluding carboxylic acids is 1. The van der Waals surface area contributed by atoms with Crippen LogP contribution in [0.4, 0.5) is 0 Å². The molecule has 0 N–H and O–H groups in total. The predicted octanol–water partition coefficient (Wildman–Crippen LogP) is 6.66. The molecule has 4 aliphatic carbocycles. The Morgan fingerprint density at radius 3 is 2.85 bits per heavy atom. The molecule has 26 heavy (non-hydrogen) atoms. The zero-order valence-electron chi connectivity index (χ0n) is 17.4. The lowest BCUT2D eigenvalue weighted by Crippen LogP contribution is -2.30. The fraction of sp³-hybridized carbons (Fsp3) is 0.720. The highest BCUT2D eigenvalue weighted by Crippen LogP contribution is 2.72. The largest absolute Gasteiger partial charge is 0.299 e. The predicted molar refractivity (Wildman–Crippen MR) is 109 cm³/mol. The zero-order chi connectivity index (χ0) is 18.6. The van der Waals surface area contributed by atoms with Crippen LogP contribution in [0.15, 0.2) is 34.4 Å². The quantitative estimate of drug-likeness (QED) is 0.517. The van der Waals surface area contributed by atoms with E-state index in [1.54, 1.807) is 16.7 Å². The first-order valence-corrected chi connectivity index (χ1v) is 10.9. The number of hydrogen-bond donors (Lipinski definition) is 0. The fourth-order valence-corrected chi connectivity index (χ4v) is 6.68. The van der Waals surface area contributed by atoms with Crippen molar-refractivity contribution in [2.45, 2.75) is 79.6 Å². The third-order valence-electron chi connectivity index (χ3n) is 8.29. The molecule has 4 rings (SSSR count). The van der Waals surface area contributed by atoms with Crippen molar-refractivity contribution in [3.05, 3.63) is 34.4 Å². The second-order valence-corrected chi connectivity index (χ2v) is 10.1. The van der Waals surface area contributed by atoms with Gasteiger partial charge in [-0.25, -0.2) is 0 Å². The lowest BCUT2D eigenvalue weighted by molar-refractivity contribution is -0.124. The Morgan fingerprint density at radius 2 is 2.12 bits per heavy atom. The number of Topliss-reactive ketones (excluding diaryl/α,β-unsaturated/α-hetero) is 1. The van der Waals surface area contributed by atoms with Gasteiger partial charge in [0.1, 0.15) is 5.78 Å². The van der Waals surface area contributed by atoms with Crippen LogP contribution in [-0.4, -0.2) is 5.78 Å². The molecule has 2 saturated carbocycles. The maximum Gasteiger partial charge on any atom is 0.140 e. The van der Waals surface area contributed by atoms with Crippen LogP contribution in [0, 0.1) is 35.0 Å². The molecule has 0 aromatic carbocycles. The molecule has 0 saturated heterocycles. The summed E-state index contributed by atoms with van der Waals surface area (Å²) in [6.45, 7) is 11.4. The van der Waals surface area contributed by atoms with Gasteiger partial charge in [0.2, 0.25) is 0 Å². The molecule has 0 amide bonds. The molecule has 0 bridgehead atoms. The van der Waals surface area contributed by atoms with Crippen LogP contribution in [0.3, 0.4) is 0 Å². The van der Waals surface area contributed by atoms with Crippen LogP contribution < -0.4 is 0 Å². The maximum atomic E-state index is 13.3. The molecular formula is C25H36O. The summed E-state index contributed by atoms with van der Waals surface area (Å²) in [6.07, 6.45) is 13.3. The minimum atomic E-state index is 0.308. The Kier molecular flexibility index (Phi) is 4.56. The summed E-state index contributed by atoms with van der Waals surface area (Å²) >= 11 is 0. The molecule has 142 valence electrons. The molecule has 0 heterocycles. The standard InChI is InChI=1S/C25H36O/c1-15(2)7-6-8-18(5)23-21-12-10-16(3)19-11-9-17(4)20(19)13-25(21)14-22(25)24(23)26/h7,10,18-19,21-23H,6,8-9,11-14H2,1-5H3/b16-10-/t18-,19-,21+,22-,23+,25+/m0/s1. The average Bonchev–Trinajstić information content (AvgIpc) is 3.13. The Morgan fingerprint density at radius 1 is 1.35 bits per heavy atom. The van der Waals surface area contributed by atoms with E-state index in [4.69, 9.17) is 0 Å². The highest BCUT2D eigenvalue weighted by molar-refractivity contribution is 5.91. The average molecular weight is 353 g/mol. The number of fused-ring (bicyclic) bond motifs is 1. The van der Waals surface area contributed by atoms with E-state index in [1.165, 1.54) is 31.3 Å². The summed E-state index contributed by atoms with van der Waals surface area (Å²) in [6, 6.07) is 0. The van der Waals surface area contributed by atoms with Gasteiger partial charge < -0.3 is 0 Å². The van der Waals surface area contributed by atoms with Crippen LogP contribution in [0.2, 0.25) is 0 Å². The Labute approximate surface area is 160 Å². The summed E-state index contributed by atoms with van der Waals surface area (Å²) in [7, 11) is 0. The molecule has 6 atom stereocenters. The molecule has 0 radical (unpaired) electrons.